The van der Waals surface area contributed by atoms with E-state index in [9.17, 15) is 9.59 Å². The van der Waals surface area contributed by atoms with Crippen molar-refractivity contribution >= 4 is 23.2 Å². The van der Waals surface area contributed by atoms with Crippen molar-refractivity contribution in [1.82, 2.24) is 4.90 Å². The first-order chi connectivity index (χ1) is 13.7. The van der Waals surface area contributed by atoms with Gasteiger partial charge in [0.25, 0.3) is 5.91 Å². The van der Waals surface area contributed by atoms with Gasteiger partial charge >= 0.3 is 0 Å². The van der Waals surface area contributed by atoms with Crippen LogP contribution in [0.1, 0.15) is 43.0 Å². The van der Waals surface area contributed by atoms with Crippen LogP contribution in [0.2, 0.25) is 0 Å². The number of carbonyl (C=O) groups excluding carboxylic acids is 2. The van der Waals surface area contributed by atoms with Gasteiger partial charge in [0.1, 0.15) is 0 Å². The number of likely N-dealkylation sites (tertiary alicyclic amines) is 1. The Kier molecular flexibility index (Phi) is 7.20. The van der Waals surface area contributed by atoms with E-state index in [1.165, 1.54) is 12.8 Å². The minimum absolute atomic E-state index is 0.0260. The molecule has 148 valence electrons. The second-order valence-electron chi connectivity index (χ2n) is 7.20. The first-order valence-corrected chi connectivity index (χ1v) is 10.2. The van der Waals surface area contributed by atoms with Gasteiger partial charge in [0.05, 0.1) is 6.54 Å². The minimum Gasteiger partial charge on any atom is -0.325 e. The van der Waals surface area contributed by atoms with Crippen LogP contribution in [0.3, 0.4) is 0 Å². The Morgan fingerprint density at radius 1 is 0.964 bits per heavy atom. The molecule has 0 spiro atoms. The molecular formula is C23H29N3O2. The summed E-state index contributed by atoms with van der Waals surface area (Å²) >= 11 is 0. The summed E-state index contributed by atoms with van der Waals surface area (Å²) in [5, 5.41) is 2.95. The molecule has 2 aromatic rings. The SMILES string of the molecule is CCN(C(=O)c1cccc(NC(=O)CN2CCCCCC2)c1)c1ccccc1. The van der Waals surface area contributed by atoms with Crippen LogP contribution < -0.4 is 10.2 Å². The highest BCUT2D eigenvalue weighted by Gasteiger charge is 2.17. The lowest BCUT2D eigenvalue weighted by Gasteiger charge is -2.21. The van der Waals surface area contributed by atoms with E-state index in [0.717, 1.165) is 31.6 Å². The molecule has 0 aliphatic carbocycles. The Morgan fingerprint density at radius 2 is 1.68 bits per heavy atom. The molecule has 1 aliphatic heterocycles. The van der Waals surface area contributed by atoms with E-state index in [-0.39, 0.29) is 11.8 Å². The van der Waals surface area contributed by atoms with Gasteiger partial charge in [-0.15, -0.1) is 0 Å². The fourth-order valence-corrected chi connectivity index (χ4v) is 3.64. The Hall–Kier alpha value is -2.66. The normalized spacial score (nSPS) is 14.9. The Bertz CT molecular complexity index is 783. The molecule has 0 atom stereocenters. The maximum absolute atomic E-state index is 13.0. The van der Waals surface area contributed by atoms with E-state index in [4.69, 9.17) is 0 Å². The maximum Gasteiger partial charge on any atom is 0.258 e. The lowest BCUT2D eigenvalue weighted by atomic mass is 10.1. The number of nitrogens with one attached hydrogen (secondary N) is 1. The smallest absolute Gasteiger partial charge is 0.258 e. The molecule has 0 bridgehead atoms. The van der Waals surface area contributed by atoms with E-state index in [0.29, 0.717) is 24.3 Å². The predicted molar refractivity (Wildman–Crippen MR) is 114 cm³/mol. The van der Waals surface area contributed by atoms with Crippen LogP contribution in [-0.2, 0) is 4.79 Å². The Morgan fingerprint density at radius 3 is 2.36 bits per heavy atom. The van der Waals surface area contributed by atoms with Gasteiger partial charge in [-0.05, 0) is 63.2 Å². The molecule has 1 N–H and O–H groups in total. The fraction of sp³-hybridized carbons (Fsp3) is 0.391. The molecule has 0 unspecified atom stereocenters. The van der Waals surface area contributed by atoms with Gasteiger partial charge in [-0.2, -0.15) is 0 Å². The van der Waals surface area contributed by atoms with Crippen LogP contribution >= 0.6 is 0 Å². The number of nitrogens with zero attached hydrogens (tertiary/aromatic N) is 2. The third-order valence-corrected chi connectivity index (χ3v) is 5.09. The molecule has 1 aliphatic rings. The molecule has 0 saturated carbocycles. The quantitative estimate of drug-likeness (QED) is 0.820. The number of rotatable bonds is 6. The summed E-state index contributed by atoms with van der Waals surface area (Å²) in [6.07, 6.45) is 4.81. The standard InChI is InChI=1S/C23H29N3O2/c1-2-26(21-13-6-5-7-14-21)23(28)19-11-10-12-20(17-19)24-22(27)18-25-15-8-3-4-9-16-25/h5-7,10-14,17H,2-4,8-9,15-16,18H2,1H3,(H,24,27). The zero-order valence-corrected chi connectivity index (χ0v) is 16.6. The number of anilines is 2. The van der Waals surface area contributed by atoms with Gasteiger partial charge in [-0.1, -0.05) is 37.1 Å². The van der Waals surface area contributed by atoms with Crippen molar-refractivity contribution in [2.75, 3.05) is 36.4 Å². The van der Waals surface area contributed by atoms with Crippen molar-refractivity contribution in [2.45, 2.75) is 32.6 Å². The van der Waals surface area contributed by atoms with Gasteiger partial charge in [-0.3, -0.25) is 14.5 Å². The number of benzene rings is 2. The lowest BCUT2D eigenvalue weighted by molar-refractivity contribution is -0.117. The average molecular weight is 380 g/mol. The van der Waals surface area contributed by atoms with Gasteiger partial charge in [0.15, 0.2) is 0 Å². The second-order valence-corrected chi connectivity index (χ2v) is 7.20. The molecule has 28 heavy (non-hydrogen) atoms. The molecule has 0 radical (unpaired) electrons. The van der Waals surface area contributed by atoms with Crippen LogP contribution in [0.5, 0.6) is 0 Å². The minimum atomic E-state index is -0.0719. The van der Waals surface area contributed by atoms with E-state index in [1.807, 2.05) is 49.4 Å². The molecule has 1 heterocycles. The first-order valence-electron chi connectivity index (χ1n) is 10.2. The van der Waals surface area contributed by atoms with Gasteiger partial charge in [0, 0.05) is 23.5 Å². The summed E-state index contributed by atoms with van der Waals surface area (Å²) in [7, 11) is 0. The van der Waals surface area contributed by atoms with E-state index >= 15 is 0 Å². The molecule has 2 amide bonds. The number of amides is 2. The number of hydrogen-bond acceptors (Lipinski definition) is 3. The number of para-hydroxylation sites is 1. The van der Waals surface area contributed by atoms with Crippen molar-refractivity contribution < 1.29 is 9.59 Å². The molecular weight excluding hydrogens is 350 g/mol. The van der Waals surface area contributed by atoms with E-state index in [1.54, 1.807) is 17.0 Å². The van der Waals surface area contributed by atoms with Crippen molar-refractivity contribution in [3.8, 4) is 0 Å². The number of hydrogen-bond donors (Lipinski definition) is 1. The van der Waals surface area contributed by atoms with Crippen LogP contribution in [0.4, 0.5) is 11.4 Å². The highest BCUT2D eigenvalue weighted by Crippen LogP contribution is 2.19. The highest BCUT2D eigenvalue weighted by atomic mass is 16.2. The van der Waals surface area contributed by atoms with Crippen LogP contribution in [0, 0.1) is 0 Å². The third-order valence-electron chi connectivity index (χ3n) is 5.09. The van der Waals surface area contributed by atoms with E-state index < -0.39 is 0 Å². The lowest BCUT2D eigenvalue weighted by Crippen LogP contribution is -2.34. The summed E-state index contributed by atoms with van der Waals surface area (Å²) in [4.78, 5) is 29.4. The van der Waals surface area contributed by atoms with Crippen molar-refractivity contribution in [3.05, 3.63) is 60.2 Å². The second kappa shape index (κ2) is 10.0. The Labute approximate surface area is 167 Å². The average Bonchev–Trinajstić information content (AvgIpc) is 2.98. The monoisotopic (exact) mass is 379 g/mol. The van der Waals surface area contributed by atoms with Crippen LogP contribution in [-0.4, -0.2) is 42.9 Å². The molecule has 0 aromatic heterocycles. The molecule has 1 fully saturated rings. The van der Waals surface area contributed by atoms with Gasteiger partial charge in [-0.25, -0.2) is 0 Å². The van der Waals surface area contributed by atoms with Gasteiger partial charge in [0.2, 0.25) is 5.91 Å². The van der Waals surface area contributed by atoms with Crippen molar-refractivity contribution in [2.24, 2.45) is 0 Å². The molecule has 1 saturated heterocycles. The van der Waals surface area contributed by atoms with Crippen molar-refractivity contribution in [3.63, 3.8) is 0 Å². The molecule has 2 aromatic carbocycles. The van der Waals surface area contributed by atoms with Crippen LogP contribution in [0.25, 0.3) is 0 Å². The van der Waals surface area contributed by atoms with Gasteiger partial charge < -0.3 is 10.2 Å². The summed E-state index contributed by atoms with van der Waals surface area (Å²) in [6.45, 7) is 4.90. The largest absolute Gasteiger partial charge is 0.325 e. The molecule has 3 rings (SSSR count). The molecule has 5 nitrogen and oxygen atoms in total. The fourth-order valence-electron chi connectivity index (χ4n) is 3.64. The topological polar surface area (TPSA) is 52.7 Å². The summed E-state index contributed by atoms with van der Waals surface area (Å²) < 4.78 is 0. The maximum atomic E-state index is 13.0. The van der Waals surface area contributed by atoms with E-state index in [2.05, 4.69) is 10.2 Å². The zero-order valence-electron chi connectivity index (χ0n) is 16.6. The van der Waals surface area contributed by atoms with Crippen LogP contribution in [0.15, 0.2) is 54.6 Å². The predicted octanol–water partition coefficient (Wildman–Crippen LogP) is 4.17. The zero-order chi connectivity index (χ0) is 19.8. The Balaban J connectivity index is 1.65. The summed E-state index contributed by atoms with van der Waals surface area (Å²) in [6, 6.07) is 16.8. The highest BCUT2D eigenvalue weighted by molar-refractivity contribution is 6.07. The summed E-state index contributed by atoms with van der Waals surface area (Å²) in [5.41, 5.74) is 2.10. The third kappa shape index (κ3) is 5.42. The number of carbonyl (C=O) groups is 2. The molecule has 5 heteroatoms. The van der Waals surface area contributed by atoms with Crippen molar-refractivity contribution in [1.29, 1.82) is 0 Å². The summed E-state index contributed by atoms with van der Waals surface area (Å²) in [5.74, 6) is -0.0979. The first kappa shape index (κ1) is 20.1.